The number of aliphatic hydroxyl groups is 1. The van der Waals surface area contributed by atoms with Crippen LogP contribution in [0.3, 0.4) is 0 Å². The summed E-state index contributed by atoms with van der Waals surface area (Å²) < 4.78 is 2.47. The minimum absolute atomic E-state index is 0. The zero-order valence-corrected chi connectivity index (χ0v) is 37.5. The number of nitrogens with zero attached hydrogens (tertiary/aromatic N) is 2. The minimum atomic E-state index is -0.0191. The number of carbonyl (C=O) groups excluding carboxylic acids is 1. The fourth-order valence-electron chi connectivity index (χ4n) is 7.97. The molecule has 10 rings (SSSR count). The van der Waals surface area contributed by atoms with Crippen molar-refractivity contribution in [3.63, 3.8) is 0 Å². The van der Waals surface area contributed by atoms with E-state index in [2.05, 4.69) is 149 Å². The van der Waals surface area contributed by atoms with Gasteiger partial charge in [0.2, 0.25) is 0 Å². The van der Waals surface area contributed by atoms with Crippen LogP contribution in [0.25, 0.3) is 63.8 Å². The fourth-order valence-corrected chi connectivity index (χ4v) is 9.88. The predicted octanol–water partition coefficient (Wildman–Crippen LogP) is 14.2. The first-order valence-corrected chi connectivity index (χ1v) is 21.2. The fraction of sp³-hybridized carbons (Fsp3) is 0.196. The minimum Gasteiger partial charge on any atom is -0.512 e. The molecule has 1 N–H and O–H groups in total. The van der Waals surface area contributed by atoms with Crippen molar-refractivity contribution in [1.29, 1.82) is 0 Å². The summed E-state index contributed by atoms with van der Waals surface area (Å²) in [6.45, 7) is 12.8. The Morgan fingerprint density at radius 1 is 0.621 bits per heavy atom. The summed E-state index contributed by atoms with van der Waals surface area (Å²) in [5, 5.41) is 10.9. The molecule has 4 nitrogen and oxygen atoms in total. The van der Waals surface area contributed by atoms with E-state index in [0.717, 1.165) is 26.6 Å². The van der Waals surface area contributed by atoms with E-state index in [9.17, 15) is 4.79 Å². The number of ketones is 1. The van der Waals surface area contributed by atoms with Gasteiger partial charge in [-0.25, -0.2) is 4.98 Å². The molecule has 58 heavy (non-hydrogen) atoms. The van der Waals surface area contributed by atoms with E-state index in [1.54, 1.807) is 36.5 Å². The molecule has 0 fully saturated rings. The van der Waals surface area contributed by atoms with Crippen LogP contribution in [0.5, 0.6) is 0 Å². The van der Waals surface area contributed by atoms with Gasteiger partial charge in [-0.05, 0) is 63.6 Å². The maximum Gasteiger partial charge on any atom is 0.158 e. The van der Waals surface area contributed by atoms with E-state index in [1.165, 1.54) is 65.5 Å². The van der Waals surface area contributed by atoms with E-state index in [0.29, 0.717) is 12.8 Å². The Kier molecular flexibility index (Phi) is 11.8. The Balaban J connectivity index is 0.000000145. The molecule has 0 bridgehead atoms. The second kappa shape index (κ2) is 16.7. The summed E-state index contributed by atoms with van der Waals surface area (Å²) >= 11 is 3.51. The van der Waals surface area contributed by atoms with Gasteiger partial charge in [0, 0.05) is 59.7 Å². The number of hydrogen-bond donors (Lipinski definition) is 1. The van der Waals surface area contributed by atoms with Crippen molar-refractivity contribution in [3.8, 4) is 43.4 Å². The predicted molar refractivity (Wildman–Crippen MR) is 240 cm³/mol. The molecular formula is C51H45IrN2O2S2-. The molecule has 2 aromatic heterocycles. The first kappa shape index (κ1) is 41.1. The molecule has 1 radical (unpaired) electrons. The molecule has 0 unspecified atom stereocenters. The van der Waals surface area contributed by atoms with Crippen LogP contribution in [0.1, 0.15) is 76.6 Å². The number of benzene rings is 6. The molecule has 2 heterocycles. The maximum absolute atomic E-state index is 10.5. The van der Waals surface area contributed by atoms with Crippen molar-refractivity contribution in [2.45, 2.75) is 65.2 Å². The number of fused-ring (bicyclic) bond motifs is 8. The van der Waals surface area contributed by atoms with Gasteiger partial charge < -0.3 is 5.11 Å². The van der Waals surface area contributed by atoms with Gasteiger partial charge in [0.1, 0.15) is 5.01 Å². The summed E-state index contributed by atoms with van der Waals surface area (Å²) in [6, 6.07) is 48.9. The van der Waals surface area contributed by atoms with E-state index in [-0.39, 0.29) is 42.5 Å². The molecule has 0 aliphatic heterocycles. The summed E-state index contributed by atoms with van der Waals surface area (Å²) in [5.74, 6) is 0.149. The molecule has 7 heteroatoms. The van der Waals surface area contributed by atoms with E-state index < -0.39 is 0 Å². The molecule has 2 aliphatic carbocycles. The number of thiazole rings is 2. The van der Waals surface area contributed by atoms with Crippen LogP contribution >= 0.6 is 22.7 Å². The zero-order valence-electron chi connectivity index (χ0n) is 33.5. The van der Waals surface area contributed by atoms with Crippen molar-refractivity contribution in [1.82, 2.24) is 9.97 Å². The molecule has 2 aliphatic rings. The van der Waals surface area contributed by atoms with Crippen LogP contribution < -0.4 is 0 Å². The average Bonchev–Trinajstić information content (AvgIpc) is 3.98. The van der Waals surface area contributed by atoms with Gasteiger partial charge in [-0.3, -0.25) is 9.78 Å². The van der Waals surface area contributed by atoms with Crippen molar-refractivity contribution < 1.29 is 30.0 Å². The van der Waals surface area contributed by atoms with Crippen LogP contribution in [0.2, 0.25) is 0 Å². The van der Waals surface area contributed by atoms with Gasteiger partial charge in [-0.2, -0.15) is 11.3 Å². The SMILES string of the molecule is CC1(C)c2ccccc2-c2c[c-]c(-c3nc4ccccc4s3)cc21.CC1(C)c2ccccc2-c2ccc(-c3nc4ccccc4s3)cc21.CCC(=O)/C=C(\O)CC.[Ir]. The molecule has 0 saturated heterocycles. The quantitative estimate of drug-likeness (QED) is 0.106. The second-order valence-electron chi connectivity index (χ2n) is 15.6. The van der Waals surface area contributed by atoms with Gasteiger partial charge in [0.25, 0.3) is 0 Å². The number of aliphatic hydroxyl groups excluding tert-OH is 1. The summed E-state index contributed by atoms with van der Waals surface area (Å²) in [4.78, 5) is 20.2. The van der Waals surface area contributed by atoms with Crippen LogP contribution in [-0.2, 0) is 35.7 Å². The molecule has 8 aromatic rings. The maximum atomic E-state index is 10.5. The summed E-state index contributed by atoms with van der Waals surface area (Å²) in [7, 11) is 0. The number of para-hydroxylation sites is 2. The third kappa shape index (κ3) is 7.65. The van der Waals surface area contributed by atoms with Crippen molar-refractivity contribution >= 4 is 48.9 Å². The Labute approximate surface area is 362 Å². The van der Waals surface area contributed by atoms with Crippen LogP contribution in [0, 0.1) is 6.07 Å². The third-order valence-electron chi connectivity index (χ3n) is 11.2. The topological polar surface area (TPSA) is 63.1 Å². The molecule has 293 valence electrons. The first-order valence-electron chi connectivity index (χ1n) is 19.5. The Morgan fingerprint density at radius 3 is 1.71 bits per heavy atom. The van der Waals surface area contributed by atoms with Crippen molar-refractivity contribution in [2.75, 3.05) is 0 Å². The summed E-state index contributed by atoms with van der Waals surface area (Å²) in [6.07, 6.45) is 2.27. The first-order chi connectivity index (χ1) is 27.5. The summed E-state index contributed by atoms with van der Waals surface area (Å²) in [5.41, 5.74) is 15.5. The van der Waals surface area contributed by atoms with Crippen LogP contribution in [0.15, 0.2) is 139 Å². The van der Waals surface area contributed by atoms with E-state index in [4.69, 9.17) is 15.1 Å². The molecule has 0 spiro atoms. The average molecular weight is 974 g/mol. The van der Waals surface area contributed by atoms with Gasteiger partial charge in [-0.15, -0.1) is 40.7 Å². The van der Waals surface area contributed by atoms with Crippen molar-refractivity contribution in [2.24, 2.45) is 0 Å². The van der Waals surface area contributed by atoms with Crippen LogP contribution in [-0.4, -0.2) is 20.9 Å². The number of aromatic nitrogens is 2. The third-order valence-corrected chi connectivity index (χ3v) is 13.4. The van der Waals surface area contributed by atoms with Crippen molar-refractivity contribution in [3.05, 3.63) is 168 Å². The standard InChI is InChI=1S/C22H17NS.C22H16NS.C7H12O2.Ir/c2*1-22(2)17-8-4-3-7-15(17)16-12-11-14(13-18(16)22)21-23-19-9-5-6-10-20(19)24-21;1-3-6(8)5-7(9)4-2;/h3-13H,1-2H3;3-10,12-13H,1-2H3;5,8H,3-4H2,1-2H3;/q;-1;;/b;;6-5-;. The molecule has 0 amide bonds. The molecular weight excluding hydrogens is 929 g/mol. The second-order valence-corrected chi connectivity index (χ2v) is 17.6. The van der Waals surface area contributed by atoms with Gasteiger partial charge in [0.05, 0.1) is 21.5 Å². The number of allylic oxidation sites excluding steroid dienone is 2. The normalized spacial score (nSPS) is 13.9. The number of carbonyl (C=O) groups is 1. The Bertz CT molecular complexity index is 2580. The van der Waals surface area contributed by atoms with Gasteiger partial charge in [0.15, 0.2) is 5.78 Å². The number of hydrogen-bond acceptors (Lipinski definition) is 6. The largest absolute Gasteiger partial charge is 0.512 e. The Morgan fingerprint density at radius 2 is 1.12 bits per heavy atom. The van der Waals surface area contributed by atoms with E-state index in [1.807, 2.05) is 12.1 Å². The molecule has 0 saturated carbocycles. The number of rotatable bonds is 5. The monoisotopic (exact) mass is 974 g/mol. The van der Waals surface area contributed by atoms with Gasteiger partial charge in [-0.1, -0.05) is 138 Å². The molecule has 6 aromatic carbocycles. The smallest absolute Gasteiger partial charge is 0.158 e. The molecule has 0 atom stereocenters. The Hall–Kier alpha value is -5.04. The van der Waals surface area contributed by atoms with Gasteiger partial charge >= 0.3 is 0 Å². The van der Waals surface area contributed by atoms with E-state index >= 15 is 0 Å². The zero-order chi connectivity index (χ0) is 39.9. The van der Waals surface area contributed by atoms with Crippen LogP contribution in [0.4, 0.5) is 0 Å².